The van der Waals surface area contributed by atoms with Gasteiger partial charge in [0, 0.05) is 50.2 Å². The van der Waals surface area contributed by atoms with Gasteiger partial charge in [-0.3, -0.25) is 9.88 Å². The molecule has 0 bridgehead atoms. The zero-order chi connectivity index (χ0) is 14.7. The third-order valence-corrected chi connectivity index (χ3v) is 3.83. The third-order valence-electron chi connectivity index (χ3n) is 3.83. The van der Waals surface area contributed by atoms with Crippen molar-refractivity contribution in [3.63, 3.8) is 0 Å². The normalized spacial score (nSPS) is 19.6. The lowest BCUT2D eigenvalue weighted by Crippen LogP contribution is -2.45. The van der Waals surface area contributed by atoms with Crippen LogP contribution < -0.4 is 5.32 Å². The van der Waals surface area contributed by atoms with Crippen LogP contribution in [-0.4, -0.2) is 29.5 Å². The summed E-state index contributed by atoms with van der Waals surface area (Å²) < 4.78 is 27.2. The van der Waals surface area contributed by atoms with E-state index in [1.165, 1.54) is 0 Å². The van der Waals surface area contributed by atoms with Gasteiger partial charge in [0.05, 0.1) is 0 Å². The van der Waals surface area contributed by atoms with Crippen molar-refractivity contribution in [1.82, 2.24) is 15.2 Å². The minimum absolute atomic E-state index is 0.120. The molecule has 1 aromatic heterocycles. The van der Waals surface area contributed by atoms with Crippen LogP contribution in [0.15, 0.2) is 42.7 Å². The molecule has 1 unspecified atom stereocenters. The minimum Gasteiger partial charge on any atom is -0.314 e. The van der Waals surface area contributed by atoms with Crippen LogP contribution in [-0.2, 0) is 6.54 Å². The van der Waals surface area contributed by atoms with Crippen molar-refractivity contribution in [3.05, 3.63) is 65.5 Å². The standard InChI is InChI=1S/C16H17F2N3/c17-14-5-1-3-13(16(14)18)11-21-8-7-20-10-15(21)12-4-2-6-19-9-12/h1-6,9,15,20H,7-8,10-11H2. The van der Waals surface area contributed by atoms with E-state index in [2.05, 4.69) is 15.2 Å². The maximum Gasteiger partial charge on any atom is 0.163 e. The first kappa shape index (κ1) is 14.1. The number of halogens is 2. The molecule has 1 aliphatic rings. The van der Waals surface area contributed by atoms with Gasteiger partial charge in [-0.1, -0.05) is 18.2 Å². The largest absolute Gasteiger partial charge is 0.314 e. The number of nitrogens with zero attached hydrogens (tertiary/aromatic N) is 2. The summed E-state index contributed by atoms with van der Waals surface area (Å²) in [6, 6.07) is 8.37. The van der Waals surface area contributed by atoms with Crippen LogP contribution in [0.5, 0.6) is 0 Å². The Bertz CT molecular complexity index is 604. The quantitative estimate of drug-likeness (QED) is 0.941. The van der Waals surface area contributed by atoms with Crippen molar-refractivity contribution in [2.75, 3.05) is 19.6 Å². The van der Waals surface area contributed by atoms with Crippen LogP contribution >= 0.6 is 0 Å². The second-order valence-corrected chi connectivity index (χ2v) is 5.19. The van der Waals surface area contributed by atoms with E-state index in [1.54, 1.807) is 18.3 Å². The molecule has 0 spiro atoms. The number of piperazine rings is 1. The molecular weight excluding hydrogens is 272 g/mol. The molecule has 1 N–H and O–H groups in total. The second kappa shape index (κ2) is 6.28. The predicted molar refractivity (Wildman–Crippen MR) is 76.6 cm³/mol. The maximum atomic E-state index is 13.9. The molecule has 110 valence electrons. The Balaban J connectivity index is 1.83. The van der Waals surface area contributed by atoms with Gasteiger partial charge < -0.3 is 5.32 Å². The molecule has 1 fully saturated rings. The molecule has 0 amide bonds. The number of nitrogens with one attached hydrogen (secondary N) is 1. The molecule has 5 heteroatoms. The maximum absolute atomic E-state index is 13.9. The lowest BCUT2D eigenvalue weighted by Gasteiger charge is -2.36. The first-order valence-corrected chi connectivity index (χ1v) is 7.03. The third kappa shape index (κ3) is 3.09. The molecule has 1 atom stereocenters. The highest BCUT2D eigenvalue weighted by Crippen LogP contribution is 2.24. The molecule has 1 aliphatic heterocycles. The topological polar surface area (TPSA) is 28.2 Å². The van der Waals surface area contributed by atoms with Gasteiger partial charge in [-0.2, -0.15) is 0 Å². The van der Waals surface area contributed by atoms with Crippen LogP contribution in [0.1, 0.15) is 17.2 Å². The Morgan fingerprint density at radius 2 is 2.14 bits per heavy atom. The van der Waals surface area contributed by atoms with Gasteiger partial charge in [0.15, 0.2) is 11.6 Å². The van der Waals surface area contributed by atoms with Crippen molar-refractivity contribution in [1.29, 1.82) is 0 Å². The Morgan fingerprint density at radius 1 is 1.24 bits per heavy atom. The summed E-state index contributed by atoms with van der Waals surface area (Å²) >= 11 is 0. The van der Waals surface area contributed by atoms with Crippen molar-refractivity contribution in [3.8, 4) is 0 Å². The summed E-state index contributed by atoms with van der Waals surface area (Å²) in [7, 11) is 0. The zero-order valence-electron chi connectivity index (χ0n) is 11.6. The smallest absolute Gasteiger partial charge is 0.163 e. The first-order valence-electron chi connectivity index (χ1n) is 7.03. The van der Waals surface area contributed by atoms with E-state index in [4.69, 9.17) is 0 Å². The SMILES string of the molecule is Fc1cccc(CN2CCNCC2c2cccnc2)c1F. The summed E-state index contributed by atoms with van der Waals surface area (Å²) in [5, 5.41) is 3.34. The molecule has 0 aliphatic carbocycles. The average Bonchev–Trinajstić information content (AvgIpc) is 2.53. The highest BCUT2D eigenvalue weighted by atomic mass is 19.2. The van der Waals surface area contributed by atoms with Crippen molar-refractivity contribution < 1.29 is 8.78 Å². The first-order chi connectivity index (χ1) is 10.3. The number of rotatable bonds is 3. The second-order valence-electron chi connectivity index (χ2n) is 5.19. The molecule has 3 nitrogen and oxygen atoms in total. The summed E-state index contributed by atoms with van der Waals surface area (Å²) in [6.45, 7) is 2.80. The molecular formula is C16H17F2N3. The molecule has 3 rings (SSSR count). The van der Waals surface area contributed by atoms with Gasteiger partial charge in [-0.05, 0) is 17.7 Å². The van der Waals surface area contributed by atoms with Crippen molar-refractivity contribution in [2.45, 2.75) is 12.6 Å². The lowest BCUT2D eigenvalue weighted by atomic mass is 10.0. The summed E-state index contributed by atoms with van der Waals surface area (Å²) in [4.78, 5) is 6.30. The number of pyridine rings is 1. The Hall–Kier alpha value is -1.85. The summed E-state index contributed by atoms with van der Waals surface area (Å²) in [5.74, 6) is -1.54. The Morgan fingerprint density at radius 3 is 2.95 bits per heavy atom. The van der Waals surface area contributed by atoms with Crippen LogP contribution in [0.2, 0.25) is 0 Å². The van der Waals surface area contributed by atoms with E-state index in [9.17, 15) is 8.78 Å². The van der Waals surface area contributed by atoms with Gasteiger partial charge in [0.25, 0.3) is 0 Å². The number of aromatic nitrogens is 1. The monoisotopic (exact) mass is 289 g/mol. The minimum atomic E-state index is -0.791. The molecule has 0 saturated carbocycles. The van der Waals surface area contributed by atoms with Gasteiger partial charge >= 0.3 is 0 Å². The molecule has 1 aromatic carbocycles. The fourth-order valence-electron chi connectivity index (χ4n) is 2.73. The van der Waals surface area contributed by atoms with Crippen molar-refractivity contribution >= 4 is 0 Å². The van der Waals surface area contributed by atoms with E-state index in [0.717, 1.165) is 31.3 Å². The molecule has 21 heavy (non-hydrogen) atoms. The van der Waals surface area contributed by atoms with Crippen LogP contribution in [0.4, 0.5) is 8.78 Å². The van der Waals surface area contributed by atoms with Crippen LogP contribution in [0.25, 0.3) is 0 Å². The average molecular weight is 289 g/mol. The van der Waals surface area contributed by atoms with E-state index < -0.39 is 11.6 Å². The van der Waals surface area contributed by atoms with E-state index in [1.807, 2.05) is 18.3 Å². The van der Waals surface area contributed by atoms with Gasteiger partial charge in [0.2, 0.25) is 0 Å². The number of benzene rings is 1. The Labute approximate surface area is 122 Å². The number of hydrogen-bond acceptors (Lipinski definition) is 3. The van der Waals surface area contributed by atoms with Gasteiger partial charge in [-0.15, -0.1) is 0 Å². The van der Waals surface area contributed by atoms with E-state index in [-0.39, 0.29) is 6.04 Å². The molecule has 2 aromatic rings. The fraction of sp³-hybridized carbons (Fsp3) is 0.312. The van der Waals surface area contributed by atoms with Gasteiger partial charge in [0.1, 0.15) is 0 Å². The summed E-state index contributed by atoms with van der Waals surface area (Å²) in [5.41, 5.74) is 1.48. The van der Waals surface area contributed by atoms with Crippen LogP contribution in [0, 0.1) is 11.6 Å². The lowest BCUT2D eigenvalue weighted by molar-refractivity contribution is 0.151. The van der Waals surface area contributed by atoms with E-state index in [0.29, 0.717) is 12.1 Å². The Kier molecular flexibility index (Phi) is 4.22. The molecule has 0 radical (unpaired) electrons. The molecule has 1 saturated heterocycles. The van der Waals surface area contributed by atoms with Crippen molar-refractivity contribution in [2.24, 2.45) is 0 Å². The van der Waals surface area contributed by atoms with E-state index >= 15 is 0 Å². The van der Waals surface area contributed by atoms with Crippen LogP contribution in [0.3, 0.4) is 0 Å². The fourth-order valence-corrected chi connectivity index (χ4v) is 2.73. The molecule has 2 heterocycles. The number of hydrogen-bond donors (Lipinski definition) is 1. The highest BCUT2D eigenvalue weighted by molar-refractivity contribution is 5.21. The predicted octanol–water partition coefficient (Wildman–Crippen LogP) is 2.51. The zero-order valence-corrected chi connectivity index (χ0v) is 11.6. The van der Waals surface area contributed by atoms with Gasteiger partial charge in [-0.25, -0.2) is 8.78 Å². The highest BCUT2D eigenvalue weighted by Gasteiger charge is 2.25. The summed E-state index contributed by atoms with van der Waals surface area (Å²) in [6.07, 6.45) is 3.56.